The average Bonchev–Trinajstić information content (AvgIpc) is 2.28. The Balaban J connectivity index is 1.99. The molecule has 1 N–H and O–H groups in total. The molecule has 15 heavy (non-hydrogen) atoms. The highest BCUT2D eigenvalue weighted by Gasteiger charge is 1.95. The fourth-order valence-electron chi connectivity index (χ4n) is 1.21. The van der Waals surface area contributed by atoms with Gasteiger partial charge in [-0.15, -0.1) is 0 Å². The number of nitrogens with one attached hydrogen (secondary N) is 1. The van der Waals surface area contributed by atoms with Crippen LogP contribution in [0.5, 0.6) is 0 Å². The van der Waals surface area contributed by atoms with E-state index in [9.17, 15) is 4.39 Å². The average molecular weight is 203 g/mol. The first kappa shape index (κ1) is 9.58. The van der Waals surface area contributed by atoms with Gasteiger partial charge in [0.15, 0.2) is 0 Å². The van der Waals surface area contributed by atoms with Crippen molar-refractivity contribution in [3.05, 3.63) is 54.4 Å². The van der Waals surface area contributed by atoms with E-state index in [1.165, 1.54) is 18.5 Å². The fourth-order valence-corrected chi connectivity index (χ4v) is 1.21. The van der Waals surface area contributed by atoms with Crippen LogP contribution in [0.3, 0.4) is 0 Å². The molecule has 1 aromatic heterocycles. The summed E-state index contributed by atoms with van der Waals surface area (Å²) < 4.78 is 12.8. The molecule has 0 atom stereocenters. The van der Waals surface area contributed by atoms with Gasteiger partial charge in [0.2, 0.25) is 0 Å². The summed E-state index contributed by atoms with van der Waals surface area (Å²) in [6.07, 6.45) is 3.16. The van der Waals surface area contributed by atoms with E-state index in [0.717, 1.165) is 11.4 Å². The molecule has 2 aromatic rings. The van der Waals surface area contributed by atoms with Crippen LogP contribution in [0.4, 0.5) is 10.1 Å². The topological polar surface area (TPSA) is 37.8 Å². The number of rotatable bonds is 3. The minimum absolute atomic E-state index is 0.248. The van der Waals surface area contributed by atoms with Gasteiger partial charge in [0.05, 0.1) is 12.2 Å². The molecule has 1 heterocycles. The Labute approximate surface area is 87.0 Å². The summed E-state index contributed by atoms with van der Waals surface area (Å²) >= 11 is 0. The first-order valence-electron chi connectivity index (χ1n) is 4.59. The molecular formula is C11H10FN3. The number of anilines is 1. The highest BCUT2D eigenvalue weighted by molar-refractivity contribution is 5.43. The van der Waals surface area contributed by atoms with Gasteiger partial charge in [0.1, 0.15) is 12.1 Å². The molecule has 0 saturated carbocycles. The summed E-state index contributed by atoms with van der Waals surface area (Å²) in [5, 5.41) is 3.07. The van der Waals surface area contributed by atoms with E-state index in [1.807, 2.05) is 12.1 Å². The number of hydrogen-bond acceptors (Lipinski definition) is 3. The minimum Gasteiger partial charge on any atom is -0.379 e. The van der Waals surface area contributed by atoms with Crippen molar-refractivity contribution in [3.63, 3.8) is 0 Å². The molecule has 0 amide bonds. The van der Waals surface area contributed by atoms with E-state index in [4.69, 9.17) is 0 Å². The molecule has 0 aliphatic heterocycles. The first-order valence-corrected chi connectivity index (χ1v) is 4.59. The molecule has 2 rings (SSSR count). The molecular weight excluding hydrogens is 193 g/mol. The molecule has 76 valence electrons. The normalized spacial score (nSPS) is 9.93. The first-order chi connectivity index (χ1) is 7.34. The summed E-state index contributed by atoms with van der Waals surface area (Å²) in [5.74, 6) is -0.248. The van der Waals surface area contributed by atoms with Crippen LogP contribution in [0.15, 0.2) is 42.9 Å². The predicted octanol–water partition coefficient (Wildman–Crippen LogP) is 2.23. The molecule has 0 saturated heterocycles. The highest BCUT2D eigenvalue weighted by Crippen LogP contribution is 2.09. The number of benzene rings is 1. The Morgan fingerprint density at radius 2 is 2.20 bits per heavy atom. The third kappa shape index (κ3) is 2.74. The van der Waals surface area contributed by atoms with Crippen LogP contribution < -0.4 is 5.32 Å². The van der Waals surface area contributed by atoms with Crippen LogP contribution in [-0.2, 0) is 6.54 Å². The van der Waals surface area contributed by atoms with Crippen LogP contribution in [0.1, 0.15) is 5.69 Å². The molecule has 1 aromatic carbocycles. The summed E-state index contributed by atoms with van der Waals surface area (Å²) in [5.41, 5.74) is 1.61. The lowest BCUT2D eigenvalue weighted by Gasteiger charge is -2.04. The minimum atomic E-state index is -0.248. The molecule has 0 unspecified atom stereocenters. The van der Waals surface area contributed by atoms with Crippen LogP contribution in [0.2, 0.25) is 0 Å². The lowest BCUT2D eigenvalue weighted by atomic mass is 10.3. The van der Waals surface area contributed by atoms with Crippen molar-refractivity contribution < 1.29 is 4.39 Å². The Bertz CT molecular complexity index is 431. The Kier molecular flexibility index (Phi) is 2.88. The van der Waals surface area contributed by atoms with Crippen LogP contribution >= 0.6 is 0 Å². The number of hydrogen-bond donors (Lipinski definition) is 1. The standard InChI is InChI=1S/C11H10FN3/c12-9-2-1-3-10(6-9)14-7-11-4-5-13-8-15-11/h1-6,8,14H,7H2. The summed E-state index contributed by atoms with van der Waals surface area (Å²) in [7, 11) is 0. The van der Waals surface area contributed by atoms with Crippen LogP contribution in [-0.4, -0.2) is 9.97 Å². The Hall–Kier alpha value is -1.97. The van der Waals surface area contributed by atoms with Crippen molar-refractivity contribution in [2.24, 2.45) is 0 Å². The quantitative estimate of drug-likeness (QED) is 0.831. The smallest absolute Gasteiger partial charge is 0.125 e. The van der Waals surface area contributed by atoms with E-state index in [2.05, 4.69) is 15.3 Å². The molecule has 0 radical (unpaired) electrons. The van der Waals surface area contributed by atoms with Gasteiger partial charge in [-0.25, -0.2) is 14.4 Å². The second-order valence-electron chi connectivity index (χ2n) is 3.06. The zero-order valence-corrected chi connectivity index (χ0v) is 8.02. The van der Waals surface area contributed by atoms with E-state index in [1.54, 1.807) is 12.3 Å². The van der Waals surface area contributed by atoms with Crippen molar-refractivity contribution in [1.82, 2.24) is 9.97 Å². The Morgan fingerprint density at radius 1 is 1.27 bits per heavy atom. The second kappa shape index (κ2) is 4.50. The van der Waals surface area contributed by atoms with Crippen molar-refractivity contribution in [1.29, 1.82) is 0 Å². The molecule has 0 fully saturated rings. The monoisotopic (exact) mass is 203 g/mol. The molecule has 0 aliphatic rings. The lowest BCUT2D eigenvalue weighted by Crippen LogP contribution is -2.01. The van der Waals surface area contributed by atoms with Gasteiger partial charge in [-0.3, -0.25) is 0 Å². The van der Waals surface area contributed by atoms with E-state index in [-0.39, 0.29) is 5.82 Å². The summed E-state index contributed by atoms with van der Waals surface area (Å²) in [4.78, 5) is 7.86. The predicted molar refractivity (Wildman–Crippen MR) is 55.8 cm³/mol. The number of aromatic nitrogens is 2. The maximum Gasteiger partial charge on any atom is 0.125 e. The maximum absolute atomic E-state index is 12.8. The van der Waals surface area contributed by atoms with Gasteiger partial charge < -0.3 is 5.32 Å². The van der Waals surface area contributed by atoms with Crippen LogP contribution in [0.25, 0.3) is 0 Å². The van der Waals surface area contributed by atoms with Crippen molar-refractivity contribution in [2.75, 3.05) is 5.32 Å². The number of halogens is 1. The number of nitrogens with zero attached hydrogens (tertiary/aromatic N) is 2. The van der Waals surface area contributed by atoms with Crippen molar-refractivity contribution in [2.45, 2.75) is 6.54 Å². The summed E-state index contributed by atoms with van der Waals surface area (Å²) in [6.45, 7) is 0.561. The fraction of sp³-hybridized carbons (Fsp3) is 0.0909. The molecule has 0 bridgehead atoms. The largest absolute Gasteiger partial charge is 0.379 e. The third-order valence-corrected chi connectivity index (χ3v) is 1.94. The van der Waals surface area contributed by atoms with E-state index in [0.29, 0.717) is 6.54 Å². The van der Waals surface area contributed by atoms with Gasteiger partial charge in [0, 0.05) is 11.9 Å². The van der Waals surface area contributed by atoms with Crippen molar-refractivity contribution in [3.8, 4) is 0 Å². The van der Waals surface area contributed by atoms with Gasteiger partial charge in [-0.2, -0.15) is 0 Å². The zero-order valence-electron chi connectivity index (χ0n) is 8.02. The van der Waals surface area contributed by atoms with Gasteiger partial charge in [-0.05, 0) is 24.3 Å². The molecule has 4 heteroatoms. The summed E-state index contributed by atoms with van der Waals surface area (Å²) in [6, 6.07) is 8.14. The van der Waals surface area contributed by atoms with E-state index >= 15 is 0 Å². The third-order valence-electron chi connectivity index (χ3n) is 1.94. The van der Waals surface area contributed by atoms with Gasteiger partial charge in [0.25, 0.3) is 0 Å². The SMILES string of the molecule is Fc1cccc(NCc2ccncn2)c1. The maximum atomic E-state index is 12.8. The second-order valence-corrected chi connectivity index (χ2v) is 3.06. The Morgan fingerprint density at radius 3 is 2.93 bits per heavy atom. The molecule has 0 spiro atoms. The van der Waals surface area contributed by atoms with E-state index < -0.39 is 0 Å². The molecule has 0 aliphatic carbocycles. The van der Waals surface area contributed by atoms with Crippen LogP contribution in [0, 0.1) is 5.82 Å². The highest BCUT2D eigenvalue weighted by atomic mass is 19.1. The zero-order chi connectivity index (χ0) is 10.5. The van der Waals surface area contributed by atoms with Gasteiger partial charge in [-0.1, -0.05) is 6.07 Å². The van der Waals surface area contributed by atoms with Crippen molar-refractivity contribution >= 4 is 5.69 Å². The molecule has 3 nitrogen and oxygen atoms in total. The lowest BCUT2D eigenvalue weighted by molar-refractivity contribution is 0.628. The van der Waals surface area contributed by atoms with Gasteiger partial charge >= 0.3 is 0 Å².